The third-order valence-electron chi connectivity index (χ3n) is 4.02. The van der Waals surface area contributed by atoms with Crippen molar-refractivity contribution in [1.29, 1.82) is 0 Å². The lowest BCUT2D eigenvalue weighted by Gasteiger charge is -2.07. The quantitative estimate of drug-likeness (QED) is 0.447. The van der Waals surface area contributed by atoms with E-state index in [9.17, 15) is 4.79 Å². The first-order chi connectivity index (χ1) is 12.3. The van der Waals surface area contributed by atoms with Crippen LogP contribution in [0.2, 0.25) is 0 Å². The maximum absolute atomic E-state index is 12.1. The van der Waals surface area contributed by atoms with Gasteiger partial charge in [-0.2, -0.15) is 0 Å². The molecule has 0 bridgehead atoms. The second-order valence-electron chi connectivity index (χ2n) is 5.79. The van der Waals surface area contributed by atoms with Crippen molar-refractivity contribution < 1.29 is 9.53 Å². The molecule has 4 aromatic rings. The number of nitrogens with one attached hydrogen (secondary N) is 1. The van der Waals surface area contributed by atoms with Crippen molar-refractivity contribution in [3.05, 3.63) is 84.8 Å². The second-order valence-corrected chi connectivity index (χ2v) is 5.79. The maximum atomic E-state index is 12.1. The molecule has 4 rings (SSSR count). The number of hydrogen-bond donors (Lipinski definition) is 1. The minimum absolute atomic E-state index is 0.179. The molecule has 4 heteroatoms. The van der Waals surface area contributed by atoms with Gasteiger partial charge in [0.1, 0.15) is 5.75 Å². The number of aromatic nitrogens is 2. The van der Waals surface area contributed by atoms with E-state index in [1.165, 1.54) is 0 Å². The number of nitrogens with zero attached hydrogens (tertiary/aromatic N) is 1. The molecule has 1 N–H and O–H groups in total. The van der Waals surface area contributed by atoms with Crippen LogP contribution in [0.1, 0.15) is 5.56 Å². The van der Waals surface area contributed by atoms with Gasteiger partial charge in [0.05, 0.1) is 6.42 Å². The molecule has 0 atom stereocenters. The van der Waals surface area contributed by atoms with Crippen molar-refractivity contribution >= 4 is 16.9 Å². The summed E-state index contributed by atoms with van der Waals surface area (Å²) in [6.45, 7) is 0. The Hall–Kier alpha value is -3.40. The van der Waals surface area contributed by atoms with E-state index in [0.717, 1.165) is 27.6 Å². The first-order valence-corrected chi connectivity index (χ1v) is 8.06. The molecule has 0 fully saturated rings. The molecule has 0 saturated heterocycles. The molecule has 0 radical (unpaired) electrons. The van der Waals surface area contributed by atoms with Crippen molar-refractivity contribution in [1.82, 2.24) is 9.97 Å². The van der Waals surface area contributed by atoms with Crippen LogP contribution in [-0.2, 0) is 11.2 Å². The van der Waals surface area contributed by atoms with E-state index >= 15 is 0 Å². The number of para-hydroxylation sites is 1. The first-order valence-electron chi connectivity index (χ1n) is 8.06. The van der Waals surface area contributed by atoms with Crippen molar-refractivity contribution in [2.24, 2.45) is 0 Å². The van der Waals surface area contributed by atoms with Crippen LogP contribution in [0.4, 0.5) is 0 Å². The van der Waals surface area contributed by atoms with Gasteiger partial charge in [0.15, 0.2) is 0 Å². The van der Waals surface area contributed by atoms with Gasteiger partial charge in [0, 0.05) is 35.1 Å². The predicted octanol–water partition coefficient (Wildman–Crippen LogP) is 4.38. The van der Waals surface area contributed by atoms with Gasteiger partial charge in [-0.3, -0.25) is 9.78 Å². The molecule has 0 aliphatic heterocycles. The molecule has 0 amide bonds. The smallest absolute Gasteiger partial charge is 0.315 e. The van der Waals surface area contributed by atoms with Gasteiger partial charge < -0.3 is 9.72 Å². The molecule has 0 spiro atoms. The van der Waals surface area contributed by atoms with E-state index in [4.69, 9.17) is 4.74 Å². The summed E-state index contributed by atoms with van der Waals surface area (Å²) < 4.78 is 5.35. The summed E-state index contributed by atoms with van der Waals surface area (Å²) in [6.07, 6.45) is 5.61. The lowest BCUT2D eigenvalue weighted by molar-refractivity contribution is -0.133. The van der Waals surface area contributed by atoms with Crippen LogP contribution in [0, 0.1) is 0 Å². The molecule has 2 aromatic carbocycles. The number of ether oxygens (including phenoxy) is 1. The molecular weight excluding hydrogens is 312 g/mol. The van der Waals surface area contributed by atoms with E-state index in [1.54, 1.807) is 18.3 Å². The normalized spacial score (nSPS) is 10.7. The predicted molar refractivity (Wildman–Crippen MR) is 97.3 cm³/mol. The topological polar surface area (TPSA) is 55.0 Å². The van der Waals surface area contributed by atoms with Crippen LogP contribution in [-0.4, -0.2) is 15.9 Å². The van der Waals surface area contributed by atoms with Gasteiger partial charge in [0.25, 0.3) is 0 Å². The van der Waals surface area contributed by atoms with Gasteiger partial charge in [-0.15, -0.1) is 0 Å². The van der Waals surface area contributed by atoms with Gasteiger partial charge in [0.2, 0.25) is 0 Å². The fraction of sp³-hybridized carbons (Fsp3) is 0.0476. The van der Waals surface area contributed by atoms with Crippen LogP contribution in [0.3, 0.4) is 0 Å². The molecule has 2 aromatic heterocycles. The average Bonchev–Trinajstić information content (AvgIpc) is 3.11. The van der Waals surface area contributed by atoms with Crippen LogP contribution >= 0.6 is 0 Å². The Kier molecular flexibility index (Phi) is 4.01. The van der Waals surface area contributed by atoms with Gasteiger partial charge in [-0.25, -0.2) is 0 Å². The zero-order valence-corrected chi connectivity index (χ0v) is 13.5. The standard InChI is InChI=1S/C21H16N2O2/c24-21(25-17-5-2-1-3-6-17)12-15-11-16(14-22-13-15)18-7-4-8-20-19(18)9-10-23-20/h1-11,13-14,23H,12H2. The number of benzene rings is 2. The largest absolute Gasteiger partial charge is 0.426 e. The van der Waals surface area contributed by atoms with E-state index in [2.05, 4.69) is 16.0 Å². The monoisotopic (exact) mass is 328 g/mol. The maximum Gasteiger partial charge on any atom is 0.315 e. The minimum atomic E-state index is -0.301. The van der Waals surface area contributed by atoms with E-state index in [1.807, 2.05) is 54.9 Å². The first kappa shape index (κ1) is 15.1. The summed E-state index contributed by atoms with van der Waals surface area (Å²) in [6, 6.07) is 19.2. The van der Waals surface area contributed by atoms with Crippen LogP contribution in [0.5, 0.6) is 5.75 Å². The van der Waals surface area contributed by atoms with Crippen molar-refractivity contribution in [2.75, 3.05) is 0 Å². The number of pyridine rings is 1. The lowest BCUT2D eigenvalue weighted by atomic mass is 10.0. The van der Waals surface area contributed by atoms with Crippen LogP contribution < -0.4 is 4.74 Å². The number of fused-ring (bicyclic) bond motifs is 1. The zero-order valence-electron chi connectivity index (χ0n) is 13.5. The summed E-state index contributed by atoms with van der Waals surface area (Å²) in [4.78, 5) is 19.6. The highest BCUT2D eigenvalue weighted by Gasteiger charge is 2.10. The molecule has 4 nitrogen and oxygen atoms in total. The summed E-state index contributed by atoms with van der Waals surface area (Å²) in [5.74, 6) is 0.249. The molecule has 25 heavy (non-hydrogen) atoms. The number of carbonyl (C=O) groups excluding carboxylic acids is 1. The van der Waals surface area contributed by atoms with Crippen molar-refractivity contribution in [3.63, 3.8) is 0 Å². The molecule has 0 aliphatic rings. The van der Waals surface area contributed by atoms with Gasteiger partial charge >= 0.3 is 5.97 Å². The summed E-state index contributed by atoms with van der Waals surface area (Å²) in [5.41, 5.74) is 3.97. The number of hydrogen-bond acceptors (Lipinski definition) is 3. The Balaban J connectivity index is 1.57. The third-order valence-corrected chi connectivity index (χ3v) is 4.02. The molecule has 2 heterocycles. The summed E-state index contributed by atoms with van der Waals surface area (Å²) in [5, 5.41) is 1.13. The second kappa shape index (κ2) is 6.61. The summed E-state index contributed by atoms with van der Waals surface area (Å²) >= 11 is 0. The number of H-pyrrole nitrogens is 1. The molecule has 122 valence electrons. The van der Waals surface area contributed by atoms with Crippen LogP contribution in [0.15, 0.2) is 79.3 Å². The van der Waals surface area contributed by atoms with Crippen molar-refractivity contribution in [3.8, 4) is 16.9 Å². The Morgan fingerprint density at radius 1 is 1.00 bits per heavy atom. The summed E-state index contributed by atoms with van der Waals surface area (Å²) in [7, 11) is 0. The lowest BCUT2D eigenvalue weighted by Crippen LogP contribution is -2.11. The van der Waals surface area contributed by atoms with E-state index < -0.39 is 0 Å². The Labute approximate surface area is 145 Å². The van der Waals surface area contributed by atoms with E-state index in [0.29, 0.717) is 5.75 Å². The Morgan fingerprint density at radius 2 is 1.88 bits per heavy atom. The highest BCUT2D eigenvalue weighted by Crippen LogP contribution is 2.28. The highest BCUT2D eigenvalue weighted by molar-refractivity contribution is 5.95. The molecule has 0 saturated carbocycles. The number of carbonyl (C=O) groups is 1. The fourth-order valence-electron chi connectivity index (χ4n) is 2.89. The van der Waals surface area contributed by atoms with Crippen molar-refractivity contribution in [2.45, 2.75) is 6.42 Å². The molecule has 0 aliphatic carbocycles. The SMILES string of the molecule is O=C(Cc1cncc(-c2cccc3[nH]ccc23)c1)Oc1ccccc1. The van der Waals surface area contributed by atoms with Gasteiger partial charge in [-0.05, 0) is 41.5 Å². The number of aromatic amines is 1. The highest BCUT2D eigenvalue weighted by atomic mass is 16.5. The number of rotatable bonds is 4. The average molecular weight is 328 g/mol. The van der Waals surface area contributed by atoms with Gasteiger partial charge in [-0.1, -0.05) is 30.3 Å². The zero-order chi connectivity index (χ0) is 17.1. The Bertz CT molecular complexity index is 1020. The van der Waals surface area contributed by atoms with Crippen LogP contribution in [0.25, 0.3) is 22.0 Å². The molecular formula is C21H16N2O2. The fourth-order valence-corrected chi connectivity index (χ4v) is 2.89. The Morgan fingerprint density at radius 3 is 2.76 bits per heavy atom. The van der Waals surface area contributed by atoms with E-state index in [-0.39, 0.29) is 12.4 Å². The molecule has 0 unspecified atom stereocenters. The number of esters is 1. The third kappa shape index (κ3) is 3.28. The minimum Gasteiger partial charge on any atom is -0.426 e.